The fraction of sp³-hybridized carbons (Fsp3) is 0.500. The van der Waals surface area contributed by atoms with Crippen molar-refractivity contribution in [3.8, 4) is 0 Å². The van der Waals surface area contributed by atoms with Crippen molar-refractivity contribution in [2.45, 2.75) is 23.0 Å². The number of aromatic nitrogens is 4. The first-order valence-corrected chi connectivity index (χ1v) is 6.70. The molecule has 0 aliphatic carbocycles. The number of aliphatic hydroxyl groups is 2. The van der Waals surface area contributed by atoms with Gasteiger partial charge in [0.25, 0.3) is 5.56 Å². The molecule has 5 N–H and O–H groups in total. The number of nitrogens with two attached hydrogens (primary N) is 1. The highest BCUT2D eigenvalue weighted by Gasteiger charge is 2.57. The summed E-state index contributed by atoms with van der Waals surface area (Å²) in [6, 6.07) is 0. The Morgan fingerprint density at radius 1 is 1.67 bits per heavy atom. The molecule has 0 amide bonds. The fourth-order valence-electron chi connectivity index (χ4n) is 2.23. The lowest BCUT2D eigenvalue weighted by atomic mass is 10.1. The molecule has 0 saturated carbocycles. The van der Waals surface area contributed by atoms with E-state index in [1.165, 1.54) is 0 Å². The number of hydrogen-bond donors (Lipinski definition) is 4. The van der Waals surface area contributed by atoms with Gasteiger partial charge in [0.1, 0.15) is 12.2 Å². The minimum absolute atomic E-state index is 0.00788. The van der Waals surface area contributed by atoms with Crippen molar-refractivity contribution in [2.24, 2.45) is 0 Å². The van der Waals surface area contributed by atoms with Gasteiger partial charge < -0.3 is 20.7 Å². The van der Waals surface area contributed by atoms with Crippen LogP contribution in [-0.2, 0) is 4.74 Å². The molecule has 1 fully saturated rings. The molecule has 4 atom stereocenters. The second-order valence-electron chi connectivity index (χ2n) is 4.60. The van der Waals surface area contributed by atoms with Gasteiger partial charge in [-0.3, -0.25) is 14.3 Å². The number of anilines is 1. The van der Waals surface area contributed by atoms with Crippen LogP contribution < -0.4 is 11.3 Å². The maximum Gasteiger partial charge on any atom is 0.280 e. The highest BCUT2D eigenvalue weighted by Crippen LogP contribution is 2.46. The molecule has 1 aliphatic heterocycles. The molecular formula is C10H11BrFN5O4. The van der Waals surface area contributed by atoms with E-state index in [4.69, 9.17) is 15.6 Å². The van der Waals surface area contributed by atoms with Crippen LogP contribution in [-0.4, -0.2) is 53.1 Å². The normalized spacial score (nSPS) is 32.9. The van der Waals surface area contributed by atoms with Crippen LogP contribution in [0, 0.1) is 0 Å². The molecule has 2 aromatic rings. The molecule has 0 spiro atoms. The van der Waals surface area contributed by atoms with Crippen LogP contribution in [0.4, 0.5) is 10.3 Å². The average Bonchev–Trinajstić information content (AvgIpc) is 2.91. The van der Waals surface area contributed by atoms with E-state index >= 15 is 0 Å². The lowest BCUT2D eigenvalue weighted by Gasteiger charge is -2.22. The SMILES string of the molecule is Nc1nc2c(ncn2[C@@H]2O[C@H](CO)C(O)C2(F)Br)c(=O)[nH]1. The number of hydrogen-bond acceptors (Lipinski definition) is 7. The van der Waals surface area contributed by atoms with Crippen molar-refractivity contribution in [1.29, 1.82) is 0 Å². The van der Waals surface area contributed by atoms with Crippen LogP contribution in [0.25, 0.3) is 11.2 Å². The molecule has 2 unspecified atom stereocenters. The number of imidazole rings is 1. The zero-order valence-corrected chi connectivity index (χ0v) is 12.0. The number of alkyl halides is 2. The summed E-state index contributed by atoms with van der Waals surface area (Å²) < 4.78 is 18.7. The Morgan fingerprint density at radius 3 is 3.00 bits per heavy atom. The van der Waals surface area contributed by atoms with Gasteiger partial charge in [-0.15, -0.1) is 0 Å². The first kappa shape index (κ1) is 14.4. The van der Waals surface area contributed by atoms with E-state index in [0.717, 1.165) is 10.9 Å². The Kier molecular flexibility index (Phi) is 3.24. The van der Waals surface area contributed by atoms with Crippen molar-refractivity contribution >= 4 is 33.0 Å². The number of nitrogen functional groups attached to an aromatic ring is 1. The Labute approximate surface area is 124 Å². The summed E-state index contributed by atoms with van der Waals surface area (Å²) >= 11 is 2.75. The van der Waals surface area contributed by atoms with Crippen LogP contribution >= 0.6 is 15.9 Å². The van der Waals surface area contributed by atoms with Gasteiger partial charge in [0, 0.05) is 0 Å². The number of aromatic amines is 1. The Morgan fingerprint density at radius 2 is 2.38 bits per heavy atom. The third-order valence-corrected chi connectivity index (χ3v) is 4.12. The first-order chi connectivity index (χ1) is 9.86. The van der Waals surface area contributed by atoms with Gasteiger partial charge in [-0.1, -0.05) is 0 Å². The summed E-state index contributed by atoms with van der Waals surface area (Å²) in [6.07, 6.45) is -2.96. The van der Waals surface area contributed by atoms with Crippen molar-refractivity contribution in [3.63, 3.8) is 0 Å². The lowest BCUT2D eigenvalue weighted by Crippen LogP contribution is -2.38. The number of ether oxygens (including phenoxy) is 1. The Balaban J connectivity index is 2.15. The van der Waals surface area contributed by atoms with Gasteiger partial charge in [-0.25, -0.2) is 9.37 Å². The summed E-state index contributed by atoms with van der Waals surface area (Å²) in [5.41, 5.74) is 4.84. The third-order valence-electron chi connectivity index (χ3n) is 3.26. The van der Waals surface area contributed by atoms with E-state index in [2.05, 4.69) is 30.9 Å². The van der Waals surface area contributed by atoms with Crippen molar-refractivity contribution in [2.75, 3.05) is 12.3 Å². The molecule has 2 aromatic heterocycles. The molecule has 0 radical (unpaired) electrons. The molecule has 11 heteroatoms. The maximum atomic E-state index is 14.6. The van der Waals surface area contributed by atoms with E-state index in [-0.39, 0.29) is 17.1 Å². The number of rotatable bonds is 2. The summed E-state index contributed by atoms with van der Waals surface area (Å²) in [4.78, 5) is 21.7. The predicted molar refractivity (Wildman–Crippen MR) is 72.3 cm³/mol. The molecule has 3 heterocycles. The zero-order valence-electron chi connectivity index (χ0n) is 10.4. The van der Waals surface area contributed by atoms with E-state index in [0.29, 0.717) is 0 Å². The molecule has 9 nitrogen and oxygen atoms in total. The van der Waals surface area contributed by atoms with Crippen molar-refractivity contribution < 1.29 is 19.3 Å². The minimum atomic E-state index is -2.38. The number of aliphatic hydroxyl groups excluding tert-OH is 2. The molecule has 0 aromatic carbocycles. The fourth-order valence-corrected chi connectivity index (χ4v) is 2.86. The highest BCUT2D eigenvalue weighted by molar-refractivity contribution is 9.10. The number of H-pyrrole nitrogens is 1. The van der Waals surface area contributed by atoms with Gasteiger partial charge in [-0.2, -0.15) is 4.98 Å². The number of nitrogens with zero attached hydrogens (tertiary/aromatic N) is 3. The van der Waals surface area contributed by atoms with Gasteiger partial charge >= 0.3 is 0 Å². The highest BCUT2D eigenvalue weighted by atomic mass is 79.9. The third kappa shape index (κ3) is 2.04. The van der Waals surface area contributed by atoms with Gasteiger partial charge in [0.05, 0.1) is 12.9 Å². The van der Waals surface area contributed by atoms with Crippen LogP contribution in [0.2, 0.25) is 0 Å². The minimum Gasteiger partial charge on any atom is -0.394 e. The molecule has 1 aliphatic rings. The number of nitrogens with one attached hydrogen (secondary N) is 1. The van der Waals surface area contributed by atoms with Gasteiger partial charge in [-0.05, 0) is 15.9 Å². The van der Waals surface area contributed by atoms with Crippen LogP contribution in [0.1, 0.15) is 6.23 Å². The number of fused-ring (bicyclic) bond motifs is 1. The van der Waals surface area contributed by atoms with Crippen LogP contribution in [0.5, 0.6) is 0 Å². The molecule has 1 saturated heterocycles. The first-order valence-electron chi connectivity index (χ1n) is 5.90. The van der Waals surface area contributed by atoms with Gasteiger partial charge in [0.2, 0.25) is 10.5 Å². The molecule has 21 heavy (non-hydrogen) atoms. The van der Waals surface area contributed by atoms with E-state index < -0.39 is 35.2 Å². The van der Waals surface area contributed by atoms with Gasteiger partial charge in [0.15, 0.2) is 17.4 Å². The van der Waals surface area contributed by atoms with E-state index in [1.54, 1.807) is 0 Å². The second kappa shape index (κ2) is 4.73. The largest absolute Gasteiger partial charge is 0.394 e. The summed E-state index contributed by atoms with van der Waals surface area (Å²) in [5.74, 6) is -0.162. The summed E-state index contributed by atoms with van der Waals surface area (Å²) in [5, 5.41) is 18.9. The van der Waals surface area contributed by atoms with Crippen LogP contribution in [0.15, 0.2) is 11.1 Å². The van der Waals surface area contributed by atoms with Crippen molar-refractivity contribution in [1.82, 2.24) is 19.5 Å². The smallest absolute Gasteiger partial charge is 0.280 e. The maximum absolute atomic E-state index is 14.6. The average molecular weight is 364 g/mol. The zero-order chi connectivity index (χ0) is 15.4. The van der Waals surface area contributed by atoms with Crippen molar-refractivity contribution in [3.05, 3.63) is 16.7 Å². The molecule has 114 valence electrons. The number of halogens is 2. The molecular weight excluding hydrogens is 353 g/mol. The van der Waals surface area contributed by atoms with Crippen LogP contribution in [0.3, 0.4) is 0 Å². The molecule has 0 bridgehead atoms. The summed E-state index contributed by atoms with van der Waals surface area (Å²) in [6.45, 7) is -0.572. The van der Waals surface area contributed by atoms with E-state index in [9.17, 15) is 14.3 Å². The topological polar surface area (TPSA) is 139 Å². The predicted octanol–water partition coefficient (Wildman–Crippen LogP) is -0.987. The van der Waals surface area contributed by atoms with E-state index in [1.807, 2.05) is 0 Å². The lowest BCUT2D eigenvalue weighted by molar-refractivity contribution is -0.0472. The monoisotopic (exact) mass is 363 g/mol. The second-order valence-corrected chi connectivity index (χ2v) is 5.82. The standard InChI is InChI=1S/C10H11BrFN5O4/c11-10(12)5(19)3(1-18)21-8(10)17-2-14-4-6(17)15-9(13)16-7(4)20/h2-3,5,8,18-19H,1H2,(H3,13,15,16,20)/t3-,5?,8-,10?/m1/s1. The Hall–Kier alpha value is -1.56. The Bertz CT molecular complexity index is 747. The molecule has 3 rings (SSSR count). The quantitative estimate of drug-likeness (QED) is 0.502. The summed E-state index contributed by atoms with van der Waals surface area (Å²) in [7, 11) is 0.